The number of para-hydroxylation sites is 1. The highest BCUT2D eigenvalue weighted by atomic mass is 32.1. The molecule has 1 aromatic carbocycles. The summed E-state index contributed by atoms with van der Waals surface area (Å²) in [7, 11) is 0. The first-order valence-electron chi connectivity index (χ1n) is 6.49. The molecule has 1 aliphatic rings. The van der Waals surface area contributed by atoms with Crippen LogP contribution in [0.2, 0.25) is 0 Å². The molecule has 2 aromatic heterocycles. The molecular weight excluding hydrogens is 318 g/mol. The third-order valence-electron chi connectivity index (χ3n) is 3.14. The van der Waals surface area contributed by atoms with E-state index in [0.29, 0.717) is 22.3 Å². The highest BCUT2D eigenvalue weighted by Gasteiger charge is 2.20. The van der Waals surface area contributed by atoms with Gasteiger partial charge in [0, 0.05) is 6.08 Å². The van der Waals surface area contributed by atoms with Crippen LogP contribution in [-0.2, 0) is 4.79 Å². The Balaban J connectivity index is 1.68. The third kappa shape index (κ3) is 2.30. The minimum absolute atomic E-state index is 0.261. The lowest BCUT2D eigenvalue weighted by Crippen LogP contribution is -2.21. The molecular formula is C15H9N3O2S2. The SMILES string of the molecule is O=C1NC(=S)N/C1=C\c1ccc(-c2nc3ccccc3s2)o1. The topological polar surface area (TPSA) is 67.2 Å². The summed E-state index contributed by atoms with van der Waals surface area (Å²) in [4.78, 5) is 16.1. The molecule has 7 heteroatoms. The lowest BCUT2D eigenvalue weighted by Gasteiger charge is -1.92. The van der Waals surface area contributed by atoms with Crippen molar-refractivity contribution in [3.05, 3.63) is 47.9 Å². The zero-order valence-electron chi connectivity index (χ0n) is 11.1. The minimum Gasteiger partial charge on any atom is -0.454 e. The highest BCUT2D eigenvalue weighted by Crippen LogP contribution is 2.31. The van der Waals surface area contributed by atoms with Crippen molar-refractivity contribution >= 4 is 50.9 Å². The Bertz CT molecular complexity index is 906. The summed E-state index contributed by atoms with van der Waals surface area (Å²) in [6.45, 7) is 0. The molecule has 1 aliphatic heterocycles. The van der Waals surface area contributed by atoms with E-state index >= 15 is 0 Å². The Kier molecular flexibility index (Phi) is 3.02. The van der Waals surface area contributed by atoms with Gasteiger partial charge in [-0.15, -0.1) is 11.3 Å². The summed E-state index contributed by atoms with van der Waals surface area (Å²) in [5.41, 5.74) is 1.32. The van der Waals surface area contributed by atoms with Gasteiger partial charge in [0.1, 0.15) is 11.5 Å². The van der Waals surface area contributed by atoms with Gasteiger partial charge in [0.25, 0.3) is 5.91 Å². The van der Waals surface area contributed by atoms with Crippen LogP contribution in [0.25, 0.3) is 27.1 Å². The van der Waals surface area contributed by atoms with Crippen molar-refractivity contribution in [1.29, 1.82) is 0 Å². The van der Waals surface area contributed by atoms with E-state index in [1.165, 1.54) is 0 Å². The molecule has 0 unspecified atom stereocenters. The number of hydrogen-bond donors (Lipinski definition) is 2. The molecule has 108 valence electrons. The maximum Gasteiger partial charge on any atom is 0.274 e. The predicted octanol–water partition coefficient (Wildman–Crippen LogP) is 2.90. The second-order valence-electron chi connectivity index (χ2n) is 4.66. The molecule has 0 spiro atoms. The van der Waals surface area contributed by atoms with Gasteiger partial charge < -0.3 is 9.73 Å². The van der Waals surface area contributed by atoms with E-state index in [1.807, 2.05) is 30.3 Å². The number of thiazole rings is 1. The first kappa shape index (κ1) is 13.2. The van der Waals surface area contributed by atoms with Gasteiger partial charge in [-0.3, -0.25) is 10.1 Å². The van der Waals surface area contributed by atoms with Crippen LogP contribution in [-0.4, -0.2) is 16.0 Å². The van der Waals surface area contributed by atoms with E-state index < -0.39 is 0 Å². The van der Waals surface area contributed by atoms with E-state index in [4.69, 9.17) is 16.6 Å². The molecule has 1 amide bonds. The standard InChI is InChI=1S/C15H9N3O2S2/c19-13-10(17-15(21)18-13)7-8-5-6-11(20-8)14-16-9-3-1-2-4-12(9)22-14/h1-7H,(H2,17,18,19,21)/b10-7-. The molecule has 0 radical (unpaired) electrons. The fourth-order valence-corrected chi connectivity index (χ4v) is 3.28. The van der Waals surface area contributed by atoms with Crippen LogP contribution in [0.4, 0.5) is 0 Å². The molecule has 1 saturated heterocycles. The van der Waals surface area contributed by atoms with Crippen LogP contribution in [0, 0.1) is 0 Å². The van der Waals surface area contributed by atoms with Crippen molar-refractivity contribution < 1.29 is 9.21 Å². The van der Waals surface area contributed by atoms with Gasteiger partial charge >= 0.3 is 0 Å². The molecule has 4 rings (SSSR count). The quantitative estimate of drug-likeness (QED) is 0.559. The summed E-state index contributed by atoms with van der Waals surface area (Å²) in [5, 5.41) is 6.40. The average Bonchev–Trinajstić information content (AvgIpc) is 3.18. The van der Waals surface area contributed by atoms with Gasteiger partial charge in [-0.25, -0.2) is 4.98 Å². The normalized spacial score (nSPS) is 16.3. The first-order valence-corrected chi connectivity index (χ1v) is 7.71. The van der Waals surface area contributed by atoms with Gasteiger partial charge in [0.2, 0.25) is 0 Å². The average molecular weight is 327 g/mol. The predicted molar refractivity (Wildman–Crippen MR) is 89.2 cm³/mol. The molecule has 0 atom stereocenters. The second kappa shape index (κ2) is 5.04. The summed E-state index contributed by atoms with van der Waals surface area (Å²) in [5.74, 6) is 0.980. The summed E-state index contributed by atoms with van der Waals surface area (Å²) >= 11 is 6.45. The number of carbonyl (C=O) groups excluding carboxylic acids is 1. The molecule has 3 aromatic rings. The fourth-order valence-electron chi connectivity index (χ4n) is 2.15. The number of thiocarbonyl (C=S) groups is 1. The Labute approximate surface area is 134 Å². The Morgan fingerprint density at radius 1 is 1.18 bits per heavy atom. The van der Waals surface area contributed by atoms with Crippen molar-refractivity contribution in [2.45, 2.75) is 0 Å². The lowest BCUT2D eigenvalue weighted by atomic mass is 10.3. The number of furan rings is 1. The van der Waals surface area contributed by atoms with Gasteiger partial charge in [-0.05, 0) is 36.5 Å². The van der Waals surface area contributed by atoms with Crippen LogP contribution in [0.5, 0.6) is 0 Å². The number of nitrogens with zero attached hydrogens (tertiary/aromatic N) is 1. The molecule has 0 aliphatic carbocycles. The highest BCUT2D eigenvalue weighted by molar-refractivity contribution is 7.80. The smallest absolute Gasteiger partial charge is 0.274 e. The molecule has 0 bridgehead atoms. The van der Waals surface area contributed by atoms with E-state index in [9.17, 15) is 4.79 Å². The molecule has 5 nitrogen and oxygen atoms in total. The van der Waals surface area contributed by atoms with Crippen molar-refractivity contribution in [1.82, 2.24) is 15.6 Å². The van der Waals surface area contributed by atoms with Crippen LogP contribution < -0.4 is 10.6 Å². The number of nitrogens with one attached hydrogen (secondary N) is 2. The van der Waals surface area contributed by atoms with Crippen LogP contribution >= 0.6 is 23.6 Å². The molecule has 22 heavy (non-hydrogen) atoms. The lowest BCUT2D eigenvalue weighted by molar-refractivity contribution is -0.115. The molecule has 1 fully saturated rings. The Morgan fingerprint density at radius 2 is 2.05 bits per heavy atom. The first-order chi connectivity index (χ1) is 10.7. The number of fused-ring (bicyclic) bond motifs is 1. The van der Waals surface area contributed by atoms with Crippen molar-refractivity contribution in [3.63, 3.8) is 0 Å². The zero-order chi connectivity index (χ0) is 15.1. The summed E-state index contributed by atoms with van der Waals surface area (Å²) < 4.78 is 6.86. The van der Waals surface area contributed by atoms with E-state index in [1.54, 1.807) is 23.5 Å². The number of amides is 1. The van der Waals surface area contributed by atoms with E-state index in [-0.39, 0.29) is 5.91 Å². The number of benzene rings is 1. The Morgan fingerprint density at radius 3 is 2.82 bits per heavy atom. The second-order valence-corrected chi connectivity index (χ2v) is 6.09. The van der Waals surface area contributed by atoms with Gasteiger partial charge in [0.15, 0.2) is 15.9 Å². The Hall–Kier alpha value is -2.51. The minimum atomic E-state index is -0.261. The van der Waals surface area contributed by atoms with E-state index in [2.05, 4.69) is 15.6 Å². The van der Waals surface area contributed by atoms with Gasteiger partial charge in [-0.1, -0.05) is 12.1 Å². The maximum absolute atomic E-state index is 11.6. The number of aromatic nitrogens is 1. The molecule has 2 N–H and O–H groups in total. The van der Waals surface area contributed by atoms with E-state index in [0.717, 1.165) is 15.2 Å². The van der Waals surface area contributed by atoms with Gasteiger partial charge in [-0.2, -0.15) is 0 Å². The zero-order valence-corrected chi connectivity index (χ0v) is 12.8. The number of hydrogen-bond acceptors (Lipinski definition) is 5. The third-order valence-corrected chi connectivity index (χ3v) is 4.39. The van der Waals surface area contributed by atoms with Gasteiger partial charge in [0.05, 0.1) is 10.2 Å². The van der Waals surface area contributed by atoms with Crippen molar-refractivity contribution in [2.75, 3.05) is 0 Å². The summed E-state index contributed by atoms with van der Waals surface area (Å²) in [6, 6.07) is 11.6. The molecule has 3 heterocycles. The van der Waals surface area contributed by atoms with Crippen LogP contribution in [0.3, 0.4) is 0 Å². The molecule has 0 saturated carbocycles. The maximum atomic E-state index is 11.6. The largest absolute Gasteiger partial charge is 0.454 e. The number of rotatable bonds is 2. The van der Waals surface area contributed by atoms with Crippen molar-refractivity contribution in [3.8, 4) is 10.8 Å². The van der Waals surface area contributed by atoms with Crippen molar-refractivity contribution in [2.24, 2.45) is 0 Å². The summed E-state index contributed by atoms with van der Waals surface area (Å²) in [6.07, 6.45) is 1.62. The number of carbonyl (C=O) groups is 1. The van der Waals surface area contributed by atoms with Crippen LogP contribution in [0.1, 0.15) is 5.76 Å². The van der Waals surface area contributed by atoms with Crippen LogP contribution in [0.15, 0.2) is 46.5 Å². The monoisotopic (exact) mass is 327 g/mol. The fraction of sp³-hybridized carbons (Fsp3) is 0.